The normalized spacial score (nSPS) is 13.5. The van der Waals surface area contributed by atoms with Crippen LogP contribution in [0.3, 0.4) is 0 Å². The van der Waals surface area contributed by atoms with Gasteiger partial charge in [0.15, 0.2) is 6.10 Å². The van der Waals surface area contributed by atoms with Crippen molar-refractivity contribution in [1.29, 1.82) is 0 Å². The zero-order chi connectivity index (χ0) is 20.2. The predicted octanol–water partition coefficient (Wildman–Crippen LogP) is 7.17. The molecule has 0 saturated heterocycles. The average Bonchev–Trinajstić information content (AvgIpc) is 2.68. The first-order valence-electron chi connectivity index (χ1n) is 11.5. The minimum absolute atomic E-state index is 0.0475. The molecule has 0 amide bonds. The van der Waals surface area contributed by atoms with Crippen LogP contribution in [0.15, 0.2) is 0 Å². The monoisotopic (exact) mass is 404 g/mol. The van der Waals surface area contributed by atoms with E-state index in [9.17, 15) is 9.90 Å². The molecule has 1 N–H and O–H groups in total. The molecule has 0 saturated carbocycles. The number of esters is 1. The zero-order valence-electron chi connectivity index (χ0n) is 18.0. The van der Waals surface area contributed by atoms with E-state index < -0.39 is 12.1 Å². The molecule has 3 nitrogen and oxygen atoms in total. The standard InChI is InChI=1S/C23H45ClO3/c1-3-4-5-6-7-8-9-10-11-12-13-14-15-16-17-18-21(24)19-20-22(25)23(26)27-2/h21-22,25H,3-20H2,1-2H3. The van der Waals surface area contributed by atoms with Crippen LogP contribution in [0.25, 0.3) is 0 Å². The number of aliphatic hydroxyl groups is 1. The van der Waals surface area contributed by atoms with Crippen molar-refractivity contribution < 1.29 is 14.6 Å². The van der Waals surface area contributed by atoms with Crippen molar-refractivity contribution in [3.63, 3.8) is 0 Å². The summed E-state index contributed by atoms with van der Waals surface area (Å²) in [5, 5.41) is 9.58. The molecular weight excluding hydrogens is 360 g/mol. The summed E-state index contributed by atoms with van der Waals surface area (Å²) in [7, 11) is 1.29. The zero-order valence-corrected chi connectivity index (χ0v) is 18.8. The van der Waals surface area contributed by atoms with Crippen molar-refractivity contribution in [1.82, 2.24) is 0 Å². The number of unbranched alkanes of at least 4 members (excludes halogenated alkanes) is 14. The number of halogens is 1. The van der Waals surface area contributed by atoms with Crippen LogP contribution >= 0.6 is 11.6 Å². The first-order chi connectivity index (χ1) is 13.1. The number of alkyl halides is 1. The molecule has 0 spiro atoms. The fourth-order valence-corrected chi connectivity index (χ4v) is 3.75. The molecule has 162 valence electrons. The third-order valence-corrected chi connectivity index (χ3v) is 5.78. The molecule has 0 fully saturated rings. The van der Waals surface area contributed by atoms with Crippen LogP contribution in [-0.2, 0) is 9.53 Å². The number of aliphatic hydroxyl groups excluding tert-OH is 1. The minimum Gasteiger partial charge on any atom is -0.467 e. The molecule has 0 heterocycles. The summed E-state index contributed by atoms with van der Waals surface area (Å²) in [6.07, 6.45) is 21.5. The molecule has 0 aromatic rings. The Morgan fingerprint density at radius 3 is 1.56 bits per heavy atom. The van der Waals surface area contributed by atoms with Gasteiger partial charge in [-0.1, -0.05) is 103 Å². The highest BCUT2D eigenvalue weighted by Gasteiger charge is 2.16. The second-order valence-electron chi connectivity index (χ2n) is 7.95. The van der Waals surface area contributed by atoms with Crippen LogP contribution in [0.5, 0.6) is 0 Å². The number of carbonyl (C=O) groups excluding carboxylic acids is 1. The van der Waals surface area contributed by atoms with Gasteiger partial charge in [-0.25, -0.2) is 4.79 Å². The van der Waals surface area contributed by atoms with Gasteiger partial charge in [-0.3, -0.25) is 0 Å². The Balaban J connectivity index is 3.23. The van der Waals surface area contributed by atoms with E-state index in [1.807, 2.05) is 0 Å². The van der Waals surface area contributed by atoms with E-state index in [0.29, 0.717) is 12.8 Å². The highest BCUT2D eigenvalue weighted by atomic mass is 35.5. The van der Waals surface area contributed by atoms with E-state index in [-0.39, 0.29) is 5.38 Å². The largest absolute Gasteiger partial charge is 0.467 e. The number of hydrogen-bond acceptors (Lipinski definition) is 3. The predicted molar refractivity (Wildman–Crippen MR) is 116 cm³/mol. The Morgan fingerprint density at radius 2 is 1.15 bits per heavy atom. The Bertz CT molecular complexity index is 323. The summed E-state index contributed by atoms with van der Waals surface area (Å²) in [4.78, 5) is 11.1. The molecule has 0 aliphatic heterocycles. The molecule has 0 rings (SSSR count). The highest BCUT2D eigenvalue weighted by molar-refractivity contribution is 6.20. The maximum Gasteiger partial charge on any atom is 0.334 e. The molecule has 2 atom stereocenters. The summed E-state index contributed by atoms with van der Waals surface area (Å²) < 4.78 is 4.50. The van der Waals surface area contributed by atoms with Crippen LogP contribution in [0.2, 0.25) is 0 Å². The van der Waals surface area contributed by atoms with Gasteiger partial charge in [0.25, 0.3) is 0 Å². The Morgan fingerprint density at radius 1 is 0.741 bits per heavy atom. The van der Waals surface area contributed by atoms with Gasteiger partial charge in [0.2, 0.25) is 0 Å². The number of rotatable bonds is 20. The van der Waals surface area contributed by atoms with E-state index in [0.717, 1.165) is 12.8 Å². The lowest BCUT2D eigenvalue weighted by molar-refractivity contribution is -0.150. The van der Waals surface area contributed by atoms with Gasteiger partial charge in [-0.05, 0) is 19.3 Å². The Labute approximate surface area is 173 Å². The van der Waals surface area contributed by atoms with Gasteiger partial charge in [-0.2, -0.15) is 0 Å². The lowest BCUT2D eigenvalue weighted by Gasteiger charge is -2.12. The van der Waals surface area contributed by atoms with Gasteiger partial charge < -0.3 is 9.84 Å². The van der Waals surface area contributed by atoms with Crippen LogP contribution in [0, 0.1) is 0 Å². The highest BCUT2D eigenvalue weighted by Crippen LogP contribution is 2.18. The van der Waals surface area contributed by atoms with Crippen LogP contribution in [0.1, 0.15) is 122 Å². The Kier molecular flexibility index (Phi) is 20.2. The third-order valence-electron chi connectivity index (χ3n) is 5.35. The molecule has 0 aliphatic rings. The quantitative estimate of drug-likeness (QED) is 0.133. The summed E-state index contributed by atoms with van der Waals surface area (Å²) in [5.74, 6) is -0.564. The van der Waals surface area contributed by atoms with Gasteiger partial charge >= 0.3 is 5.97 Å². The SMILES string of the molecule is CCCCCCCCCCCCCCCCCC(Cl)CCC(O)C(=O)OC. The molecule has 27 heavy (non-hydrogen) atoms. The van der Waals surface area contributed by atoms with Gasteiger partial charge in [0, 0.05) is 5.38 Å². The van der Waals surface area contributed by atoms with Crippen LogP contribution < -0.4 is 0 Å². The fourth-order valence-electron chi connectivity index (χ4n) is 3.47. The second kappa shape index (κ2) is 20.5. The number of carbonyl (C=O) groups is 1. The fraction of sp³-hybridized carbons (Fsp3) is 0.957. The summed E-state index contributed by atoms with van der Waals surface area (Å²) in [5.41, 5.74) is 0. The van der Waals surface area contributed by atoms with E-state index in [1.54, 1.807) is 0 Å². The smallest absolute Gasteiger partial charge is 0.334 e. The second-order valence-corrected chi connectivity index (χ2v) is 8.57. The van der Waals surface area contributed by atoms with Gasteiger partial charge in [0.1, 0.15) is 0 Å². The van der Waals surface area contributed by atoms with Crippen molar-refractivity contribution >= 4 is 17.6 Å². The maximum absolute atomic E-state index is 11.1. The van der Waals surface area contributed by atoms with E-state index >= 15 is 0 Å². The van der Waals surface area contributed by atoms with Crippen molar-refractivity contribution in [3.8, 4) is 0 Å². The number of methoxy groups -OCH3 is 1. The first kappa shape index (κ1) is 26.7. The molecule has 0 aromatic heterocycles. The minimum atomic E-state index is -1.03. The lowest BCUT2D eigenvalue weighted by atomic mass is 10.0. The topological polar surface area (TPSA) is 46.5 Å². The van der Waals surface area contributed by atoms with Crippen molar-refractivity contribution in [2.45, 2.75) is 134 Å². The lowest BCUT2D eigenvalue weighted by Crippen LogP contribution is -2.22. The van der Waals surface area contributed by atoms with Gasteiger partial charge in [0.05, 0.1) is 7.11 Å². The third kappa shape index (κ3) is 18.8. The first-order valence-corrected chi connectivity index (χ1v) is 11.9. The van der Waals surface area contributed by atoms with Gasteiger partial charge in [-0.15, -0.1) is 11.6 Å². The molecule has 2 unspecified atom stereocenters. The molecule has 0 aliphatic carbocycles. The molecular formula is C23H45ClO3. The van der Waals surface area contributed by atoms with E-state index in [1.165, 1.54) is 97.0 Å². The molecule has 0 radical (unpaired) electrons. The average molecular weight is 405 g/mol. The van der Waals surface area contributed by atoms with Crippen LogP contribution in [0.4, 0.5) is 0 Å². The molecule has 0 aromatic carbocycles. The van der Waals surface area contributed by atoms with E-state index in [4.69, 9.17) is 11.6 Å². The van der Waals surface area contributed by atoms with Crippen molar-refractivity contribution in [2.75, 3.05) is 7.11 Å². The number of hydrogen-bond donors (Lipinski definition) is 1. The Hall–Kier alpha value is -0.280. The number of ether oxygens (including phenoxy) is 1. The summed E-state index contributed by atoms with van der Waals surface area (Å²) in [6.45, 7) is 2.27. The summed E-state index contributed by atoms with van der Waals surface area (Å²) in [6, 6.07) is 0. The molecule has 0 bridgehead atoms. The van der Waals surface area contributed by atoms with E-state index in [2.05, 4.69) is 11.7 Å². The van der Waals surface area contributed by atoms with Crippen molar-refractivity contribution in [2.24, 2.45) is 0 Å². The van der Waals surface area contributed by atoms with Crippen LogP contribution in [-0.4, -0.2) is 29.7 Å². The summed E-state index contributed by atoms with van der Waals surface area (Å²) >= 11 is 6.27. The van der Waals surface area contributed by atoms with Crippen molar-refractivity contribution in [3.05, 3.63) is 0 Å². The molecule has 4 heteroatoms. The maximum atomic E-state index is 11.1.